The molecule has 0 bridgehead atoms. The molecule has 1 saturated heterocycles. The molecule has 1 aliphatic heterocycles. The van der Waals surface area contributed by atoms with E-state index in [0.29, 0.717) is 13.2 Å². The van der Waals surface area contributed by atoms with E-state index in [4.69, 9.17) is 4.74 Å². The molecule has 1 aliphatic rings. The Morgan fingerprint density at radius 2 is 2.20 bits per heavy atom. The minimum Gasteiger partial charge on any atom is -0.474 e. The van der Waals surface area contributed by atoms with E-state index in [9.17, 15) is 8.78 Å². The van der Waals surface area contributed by atoms with Gasteiger partial charge in [-0.3, -0.25) is 0 Å². The van der Waals surface area contributed by atoms with Crippen molar-refractivity contribution in [2.45, 2.75) is 32.2 Å². The van der Waals surface area contributed by atoms with Crippen LogP contribution in [0.15, 0.2) is 6.07 Å². The molecule has 0 amide bonds. The van der Waals surface area contributed by atoms with Crippen LogP contribution in [0, 0.1) is 11.6 Å². The first kappa shape index (κ1) is 15.0. The molecule has 0 saturated carbocycles. The lowest BCUT2D eigenvalue weighted by atomic mass is 10.0. The van der Waals surface area contributed by atoms with Gasteiger partial charge in [0.25, 0.3) is 5.88 Å². The summed E-state index contributed by atoms with van der Waals surface area (Å²) in [6, 6.07) is 1.07. The lowest BCUT2D eigenvalue weighted by Crippen LogP contribution is -2.40. The van der Waals surface area contributed by atoms with E-state index in [1.807, 2.05) is 14.0 Å². The number of likely N-dealkylation sites (tertiary alicyclic amines) is 1. The summed E-state index contributed by atoms with van der Waals surface area (Å²) in [7, 11) is 2.03. The fraction of sp³-hybridized carbons (Fsp3) is 0.643. The number of likely N-dealkylation sites (N-methyl/N-ethyl adjacent to an activating group) is 1. The summed E-state index contributed by atoms with van der Waals surface area (Å²) in [6.07, 6.45) is 3.36. The number of pyridine rings is 1. The Morgan fingerprint density at radius 3 is 2.90 bits per heavy atom. The highest BCUT2D eigenvalue weighted by molar-refractivity contribution is 5.39. The summed E-state index contributed by atoms with van der Waals surface area (Å²) in [5.41, 5.74) is 0. The Bertz CT molecular complexity index is 456. The molecule has 1 aromatic heterocycles. The average molecular weight is 285 g/mol. The maximum atomic E-state index is 13.7. The molecule has 0 aliphatic carbocycles. The van der Waals surface area contributed by atoms with Crippen LogP contribution >= 0.6 is 0 Å². The molecule has 1 fully saturated rings. The Morgan fingerprint density at radius 1 is 1.40 bits per heavy atom. The van der Waals surface area contributed by atoms with Crippen molar-refractivity contribution in [1.29, 1.82) is 0 Å². The van der Waals surface area contributed by atoms with E-state index < -0.39 is 11.6 Å². The van der Waals surface area contributed by atoms with Gasteiger partial charge in [0.05, 0.1) is 0 Å². The predicted octanol–water partition coefficient (Wildman–Crippen LogP) is 2.65. The minimum absolute atomic E-state index is 0.0286. The van der Waals surface area contributed by atoms with Crippen molar-refractivity contribution < 1.29 is 13.5 Å². The van der Waals surface area contributed by atoms with Crippen molar-refractivity contribution in [2.24, 2.45) is 0 Å². The maximum absolute atomic E-state index is 13.7. The van der Waals surface area contributed by atoms with Gasteiger partial charge >= 0.3 is 0 Å². The number of ether oxygens (including phenoxy) is 1. The number of hydrogen-bond acceptors (Lipinski definition) is 4. The van der Waals surface area contributed by atoms with Crippen molar-refractivity contribution >= 4 is 5.82 Å². The monoisotopic (exact) mass is 285 g/mol. The highest BCUT2D eigenvalue weighted by atomic mass is 19.1. The number of hydrogen-bond donors (Lipinski definition) is 1. The number of rotatable bonds is 5. The van der Waals surface area contributed by atoms with Gasteiger partial charge in [0.15, 0.2) is 17.5 Å². The number of nitrogens with one attached hydrogen (secondary N) is 1. The smallest absolute Gasteiger partial charge is 0.252 e. The standard InChI is InChI=1S/C14H21F2N3O/c1-3-17-13-11(15)8-12(16)14(18-13)20-9-10-6-4-5-7-19(10)2/h8,10H,3-7,9H2,1-2H3,(H,17,18). The molecule has 0 spiro atoms. The van der Waals surface area contributed by atoms with Crippen molar-refractivity contribution in [3.05, 3.63) is 17.7 Å². The molecule has 2 rings (SSSR count). The van der Waals surface area contributed by atoms with E-state index in [2.05, 4.69) is 15.2 Å². The number of nitrogens with zero attached hydrogens (tertiary/aromatic N) is 2. The highest BCUT2D eigenvalue weighted by Crippen LogP contribution is 2.22. The average Bonchev–Trinajstić information content (AvgIpc) is 2.42. The number of aromatic nitrogens is 1. The van der Waals surface area contributed by atoms with Crippen LogP contribution in [-0.4, -0.2) is 42.7 Å². The Labute approximate surface area is 118 Å². The number of anilines is 1. The fourth-order valence-electron chi connectivity index (χ4n) is 2.37. The van der Waals surface area contributed by atoms with Crippen molar-refractivity contribution in [1.82, 2.24) is 9.88 Å². The van der Waals surface area contributed by atoms with Gasteiger partial charge in [-0.25, -0.2) is 8.78 Å². The summed E-state index contributed by atoms with van der Waals surface area (Å²) >= 11 is 0. The van der Waals surface area contributed by atoms with Crippen LogP contribution in [-0.2, 0) is 0 Å². The van der Waals surface area contributed by atoms with Crippen LogP contribution in [0.2, 0.25) is 0 Å². The summed E-state index contributed by atoms with van der Waals surface area (Å²) in [4.78, 5) is 6.07. The van der Waals surface area contributed by atoms with Gasteiger partial charge in [0.1, 0.15) is 6.61 Å². The second-order valence-corrected chi connectivity index (χ2v) is 5.08. The highest BCUT2D eigenvalue weighted by Gasteiger charge is 2.21. The van der Waals surface area contributed by atoms with E-state index in [0.717, 1.165) is 25.5 Å². The third-order valence-electron chi connectivity index (χ3n) is 3.58. The van der Waals surface area contributed by atoms with E-state index >= 15 is 0 Å². The zero-order valence-electron chi connectivity index (χ0n) is 12.0. The predicted molar refractivity (Wildman–Crippen MR) is 74.1 cm³/mol. The Kier molecular flexibility index (Phi) is 5.11. The fourth-order valence-corrected chi connectivity index (χ4v) is 2.37. The van der Waals surface area contributed by atoms with Crippen LogP contribution in [0.4, 0.5) is 14.6 Å². The molecule has 0 aromatic carbocycles. The molecule has 4 nitrogen and oxygen atoms in total. The van der Waals surface area contributed by atoms with Gasteiger partial charge in [-0.15, -0.1) is 0 Å². The summed E-state index contributed by atoms with van der Waals surface area (Å²) < 4.78 is 32.6. The van der Waals surface area contributed by atoms with Gasteiger partial charge < -0.3 is 15.0 Å². The summed E-state index contributed by atoms with van der Waals surface area (Å²) in [6.45, 7) is 3.73. The third-order valence-corrected chi connectivity index (χ3v) is 3.58. The minimum atomic E-state index is -0.761. The van der Waals surface area contributed by atoms with Crippen molar-refractivity contribution in [3.63, 3.8) is 0 Å². The van der Waals surface area contributed by atoms with Crippen molar-refractivity contribution in [3.8, 4) is 5.88 Å². The maximum Gasteiger partial charge on any atom is 0.252 e. The zero-order valence-corrected chi connectivity index (χ0v) is 12.0. The van der Waals surface area contributed by atoms with E-state index in [1.165, 1.54) is 6.42 Å². The first-order valence-electron chi connectivity index (χ1n) is 7.04. The van der Waals surface area contributed by atoms with Gasteiger partial charge in [0, 0.05) is 18.7 Å². The third kappa shape index (κ3) is 3.56. The van der Waals surface area contributed by atoms with Gasteiger partial charge in [-0.05, 0) is 33.4 Å². The molecule has 6 heteroatoms. The normalized spacial score (nSPS) is 19.9. The zero-order chi connectivity index (χ0) is 14.5. The van der Waals surface area contributed by atoms with Gasteiger partial charge in [-0.2, -0.15) is 4.98 Å². The molecule has 1 N–H and O–H groups in total. The molecule has 20 heavy (non-hydrogen) atoms. The van der Waals surface area contributed by atoms with E-state index in [-0.39, 0.29) is 17.7 Å². The Balaban J connectivity index is 2.02. The quantitative estimate of drug-likeness (QED) is 0.902. The van der Waals surface area contributed by atoms with Crippen LogP contribution < -0.4 is 10.1 Å². The lowest BCUT2D eigenvalue weighted by molar-refractivity contribution is 0.120. The SMILES string of the molecule is CCNc1nc(OCC2CCCCN2C)c(F)cc1F. The number of piperidine rings is 1. The number of halogens is 2. The molecule has 1 aromatic rings. The molecule has 1 unspecified atom stereocenters. The van der Waals surface area contributed by atoms with Crippen LogP contribution in [0.3, 0.4) is 0 Å². The molecule has 1 atom stereocenters. The first-order chi connectivity index (χ1) is 9.61. The topological polar surface area (TPSA) is 37.4 Å². The van der Waals surface area contributed by atoms with Gasteiger partial charge in [0.2, 0.25) is 0 Å². The second kappa shape index (κ2) is 6.83. The molecular weight excluding hydrogens is 264 g/mol. The molecule has 0 radical (unpaired) electrons. The van der Waals surface area contributed by atoms with Crippen molar-refractivity contribution in [2.75, 3.05) is 32.1 Å². The first-order valence-corrected chi connectivity index (χ1v) is 7.04. The van der Waals surface area contributed by atoms with Crippen LogP contribution in [0.1, 0.15) is 26.2 Å². The molecule has 112 valence electrons. The van der Waals surface area contributed by atoms with Crippen LogP contribution in [0.25, 0.3) is 0 Å². The molecule has 2 heterocycles. The van der Waals surface area contributed by atoms with Gasteiger partial charge in [-0.1, -0.05) is 6.42 Å². The second-order valence-electron chi connectivity index (χ2n) is 5.08. The molecular formula is C14H21F2N3O. The summed E-state index contributed by atoms with van der Waals surface area (Å²) in [5, 5.41) is 2.75. The largest absolute Gasteiger partial charge is 0.474 e. The van der Waals surface area contributed by atoms with Crippen LogP contribution in [0.5, 0.6) is 5.88 Å². The summed E-state index contributed by atoms with van der Waals surface area (Å²) in [5.74, 6) is -1.57. The van der Waals surface area contributed by atoms with E-state index in [1.54, 1.807) is 0 Å². The Hall–Kier alpha value is -1.43. The lowest BCUT2D eigenvalue weighted by Gasteiger charge is -2.32.